The van der Waals surface area contributed by atoms with Crippen LogP contribution in [0.15, 0.2) is 17.6 Å². The predicted octanol–water partition coefficient (Wildman–Crippen LogP) is 3.04. The molecule has 0 bridgehead atoms. The number of amides is 1. The highest BCUT2D eigenvalue weighted by Gasteiger charge is 2.18. The second-order valence-corrected chi connectivity index (χ2v) is 5.53. The molecule has 1 aromatic heterocycles. The van der Waals surface area contributed by atoms with Crippen LogP contribution in [-0.2, 0) is 6.54 Å². The summed E-state index contributed by atoms with van der Waals surface area (Å²) in [6.45, 7) is 2.21. The zero-order valence-electron chi connectivity index (χ0n) is 11.9. The Bertz CT molecular complexity index is 649. The first kappa shape index (κ1) is 15.4. The van der Waals surface area contributed by atoms with Gasteiger partial charge in [0.2, 0.25) is 0 Å². The van der Waals surface area contributed by atoms with Crippen LogP contribution in [0.3, 0.4) is 0 Å². The van der Waals surface area contributed by atoms with Crippen molar-refractivity contribution >= 4 is 22.9 Å². The van der Waals surface area contributed by atoms with E-state index >= 15 is 0 Å². The Kier molecular flexibility index (Phi) is 4.52. The third-order valence-electron chi connectivity index (χ3n) is 3.11. The first-order chi connectivity index (χ1) is 9.93. The molecular formula is C14H15F2N3OS. The standard InChI is InChI=1S/C14H15F2N3OS/c1-8-12(21-7-18-8)6-19(3)14(20)9-4-10(15)13(17-2)11(16)5-9/h4-5,7,17H,6H2,1-3H3. The van der Waals surface area contributed by atoms with Gasteiger partial charge >= 0.3 is 0 Å². The Morgan fingerprint density at radius 3 is 2.48 bits per heavy atom. The second kappa shape index (κ2) is 6.17. The maximum atomic E-state index is 13.7. The van der Waals surface area contributed by atoms with E-state index in [9.17, 15) is 13.6 Å². The Hall–Kier alpha value is -2.02. The van der Waals surface area contributed by atoms with Crippen molar-refractivity contribution in [3.05, 3.63) is 45.4 Å². The van der Waals surface area contributed by atoms with E-state index in [1.807, 2.05) is 6.92 Å². The molecule has 21 heavy (non-hydrogen) atoms. The van der Waals surface area contributed by atoms with Gasteiger partial charge in [0.05, 0.1) is 17.7 Å². The number of aryl methyl sites for hydroxylation is 1. The Morgan fingerprint density at radius 2 is 2.00 bits per heavy atom. The number of benzene rings is 1. The molecule has 0 aliphatic carbocycles. The van der Waals surface area contributed by atoms with Gasteiger partial charge in [0, 0.05) is 24.5 Å². The molecular weight excluding hydrogens is 296 g/mol. The van der Waals surface area contributed by atoms with Crippen LogP contribution in [0, 0.1) is 18.6 Å². The van der Waals surface area contributed by atoms with Gasteiger partial charge in [-0.2, -0.15) is 0 Å². The van der Waals surface area contributed by atoms with Gasteiger partial charge < -0.3 is 10.2 Å². The van der Waals surface area contributed by atoms with Crippen LogP contribution in [0.2, 0.25) is 0 Å². The first-order valence-electron chi connectivity index (χ1n) is 6.25. The van der Waals surface area contributed by atoms with Crippen LogP contribution in [0.1, 0.15) is 20.9 Å². The SMILES string of the molecule is CNc1c(F)cc(C(=O)N(C)Cc2scnc2C)cc1F. The topological polar surface area (TPSA) is 45.2 Å². The lowest BCUT2D eigenvalue weighted by atomic mass is 10.1. The quantitative estimate of drug-likeness (QED) is 0.944. The Labute approximate surface area is 125 Å². The van der Waals surface area contributed by atoms with Crippen LogP contribution < -0.4 is 5.32 Å². The van der Waals surface area contributed by atoms with E-state index in [0.29, 0.717) is 6.54 Å². The van der Waals surface area contributed by atoms with Crippen molar-refractivity contribution in [2.75, 3.05) is 19.4 Å². The summed E-state index contributed by atoms with van der Waals surface area (Å²) in [5.41, 5.74) is 2.29. The highest BCUT2D eigenvalue weighted by atomic mass is 32.1. The summed E-state index contributed by atoms with van der Waals surface area (Å²) in [4.78, 5) is 18.7. The lowest BCUT2D eigenvalue weighted by Gasteiger charge is -2.17. The average Bonchev–Trinajstić information content (AvgIpc) is 2.83. The molecule has 0 saturated heterocycles. The molecule has 0 saturated carbocycles. The third-order valence-corrected chi connectivity index (χ3v) is 4.03. The monoisotopic (exact) mass is 311 g/mol. The molecule has 1 heterocycles. The number of nitrogens with one attached hydrogen (secondary N) is 1. The number of anilines is 1. The molecule has 2 aromatic rings. The number of rotatable bonds is 4. The fourth-order valence-corrected chi connectivity index (χ4v) is 2.75. The van der Waals surface area contributed by atoms with Crippen molar-refractivity contribution in [3.63, 3.8) is 0 Å². The van der Waals surface area contributed by atoms with Crippen LogP contribution in [-0.4, -0.2) is 29.9 Å². The average molecular weight is 311 g/mol. The molecule has 0 unspecified atom stereocenters. The van der Waals surface area contributed by atoms with E-state index in [4.69, 9.17) is 0 Å². The molecule has 1 aromatic carbocycles. The lowest BCUT2D eigenvalue weighted by Crippen LogP contribution is -2.26. The van der Waals surface area contributed by atoms with Crippen molar-refractivity contribution in [1.82, 2.24) is 9.88 Å². The third kappa shape index (κ3) is 3.18. The van der Waals surface area contributed by atoms with E-state index in [2.05, 4.69) is 10.3 Å². The summed E-state index contributed by atoms with van der Waals surface area (Å²) in [7, 11) is 3.00. The zero-order valence-corrected chi connectivity index (χ0v) is 12.7. The largest absolute Gasteiger partial charge is 0.383 e. The molecule has 0 spiro atoms. The van der Waals surface area contributed by atoms with Gasteiger partial charge in [-0.3, -0.25) is 4.79 Å². The molecule has 112 valence electrons. The minimum atomic E-state index is -0.789. The fourth-order valence-electron chi connectivity index (χ4n) is 1.92. The molecule has 1 amide bonds. The van der Waals surface area contributed by atoms with Crippen LogP contribution in [0.4, 0.5) is 14.5 Å². The van der Waals surface area contributed by atoms with Crippen LogP contribution in [0.5, 0.6) is 0 Å². The van der Waals surface area contributed by atoms with Gasteiger partial charge in [0.25, 0.3) is 5.91 Å². The number of aromatic nitrogens is 1. The highest BCUT2D eigenvalue weighted by molar-refractivity contribution is 7.09. The normalized spacial score (nSPS) is 10.5. The predicted molar refractivity (Wildman–Crippen MR) is 78.6 cm³/mol. The summed E-state index contributed by atoms with van der Waals surface area (Å²) >= 11 is 1.44. The van der Waals surface area contributed by atoms with E-state index in [-0.39, 0.29) is 11.3 Å². The Morgan fingerprint density at radius 1 is 1.38 bits per heavy atom. The summed E-state index contributed by atoms with van der Waals surface area (Å²) < 4.78 is 27.4. The number of carbonyl (C=O) groups is 1. The first-order valence-corrected chi connectivity index (χ1v) is 7.13. The minimum Gasteiger partial charge on any atom is -0.383 e. The number of hydrogen-bond acceptors (Lipinski definition) is 4. The van der Waals surface area contributed by atoms with Crippen LogP contribution in [0.25, 0.3) is 0 Å². The lowest BCUT2D eigenvalue weighted by molar-refractivity contribution is 0.0785. The molecule has 2 rings (SSSR count). The van der Waals surface area contributed by atoms with Gasteiger partial charge in [-0.15, -0.1) is 11.3 Å². The van der Waals surface area contributed by atoms with Gasteiger partial charge in [0.1, 0.15) is 17.3 Å². The van der Waals surface area contributed by atoms with Crippen LogP contribution >= 0.6 is 11.3 Å². The highest BCUT2D eigenvalue weighted by Crippen LogP contribution is 2.22. The van der Waals surface area contributed by atoms with E-state index in [0.717, 1.165) is 22.7 Å². The number of nitrogens with zero attached hydrogens (tertiary/aromatic N) is 2. The van der Waals surface area contributed by atoms with Gasteiger partial charge in [0.15, 0.2) is 0 Å². The Balaban J connectivity index is 2.22. The molecule has 7 heteroatoms. The van der Waals surface area contributed by atoms with Gasteiger partial charge in [-0.1, -0.05) is 0 Å². The van der Waals surface area contributed by atoms with Gasteiger partial charge in [-0.05, 0) is 19.1 Å². The molecule has 0 aliphatic rings. The molecule has 0 atom stereocenters. The van der Waals surface area contributed by atoms with Gasteiger partial charge in [-0.25, -0.2) is 13.8 Å². The van der Waals surface area contributed by atoms with E-state index in [1.54, 1.807) is 12.6 Å². The zero-order chi connectivity index (χ0) is 15.6. The summed E-state index contributed by atoms with van der Waals surface area (Å²) in [5.74, 6) is -2.02. The number of thiazole rings is 1. The van der Waals surface area contributed by atoms with E-state index in [1.165, 1.54) is 23.3 Å². The summed E-state index contributed by atoms with van der Waals surface area (Å²) in [5, 5.41) is 2.42. The number of halogens is 2. The maximum Gasteiger partial charge on any atom is 0.254 e. The van der Waals surface area contributed by atoms with Crippen molar-refractivity contribution in [3.8, 4) is 0 Å². The molecule has 4 nitrogen and oxygen atoms in total. The number of hydrogen-bond donors (Lipinski definition) is 1. The number of carbonyl (C=O) groups excluding carboxylic acids is 1. The smallest absolute Gasteiger partial charge is 0.254 e. The molecule has 0 radical (unpaired) electrons. The maximum absolute atomic E-state index is 13.7. The molecule has 0 aliphatic heterocycles. The second-order valence-electron chi connectivity index (χ2n) is 4.59. The van der Waals surface area contributed by atoms with Crippen molar-refractivity contribution in [2.24, 2.45) is 0 Å². The van der Waals surface area contributed by atoms with Crippen molar-refractivity contribution < 1.29 is 13.6 Å². The van der Waals surface area contributed by atoms with E-state index < -0.39 is 17.5 Å². The molecule has 1 N–H and O–H groups in total. The fraction of sp³-hybridized carbons (Fsp3) is 0.286. The summed E-state index contributed by atoms with van der Waals surface area (Å²) in [6.07, 6.45) is 0. The molecule has 0 fully saturated rings. The minimum absolute atomic E-state index is 0.0198. The van der Waals surface area contributed by atoms with Crippen molar-refractivity contribution in [2.45, 2.75) is 13.5 Å². The summed E-state index contributed by atoms with van der Waals surface area (Å²) in [6, 6.07) is 2.07. The van der Waals surface area contributed by atoms with Crippen molar-refractivity contribution in [1.29, 1.82) is 0 Å².